The molecule has 0 aliphatic heterocycles. The molecule has 2 aromatic rings. The van der Waals surface area contributed by atoms with Gasteiger partial charge in [-0.2, -0.15) is 0 Å². The van der Waals surface area contributed by atoms with Crippen LogP contribution in [-0.4, -0.2) is 9.97 Å². The summed E-state index contributed by atoms with van der Waals surface area (Å²) in [6.07, 6.45) is 1.73. The molecule has 0 aliphatic rings. The lowest BCUT2D eigenvalue weighted by Gasteiger charge is -1.97. The summed E-state index contributed by atoms with van der Waals surface area (Å²) in [5, 5.41) is 0. The van der Waals surface area contributed by atoms with E-state index in [1.165, 1.54) is 0 Å². The average molecular weight is 253 g/mol. The number of nitrogen functional groups attached to an aromatic ring is 1. The van der Waals surface area contributed by atoms with E-state index in [0.717, 1.165) is 15.7 Å². The fraction of sp³-hybridized carbons (Fsp3) is 0. The van der Waals surface area contributed by atoms with Crippen LogP contribution in [0.2, 0.25) is 0 Å². The summed E-state index contributed by atoms with van der Waals surface area (Å²) in [6, 6.07) is 7.95. The number of halogens is 1. The van der Waals surface area contributed by atoms with E-state index in [4.69, 9.17) is 5.84 Å². The molecule has 0 bridgehead atoms. The summed E-state index contributed by atoms with van der Waals surface area (Å²) in [5.74, 6) is 5.77. The smallest absolute Gasteiger partial charge is 0.215 e. The van der Waals surface area contributed by atoms with Crippen LogP contribution >= 0.6 is 15.9 Å². The molecule has 0 amide bonds. The molecule has 0 saturated heterocycles. The highest BCUT2D eigenvalue weighted by Gasteiger charge is 2.01. The second-order valence-corrected chi connectivity index (χ2v) is 3.72. The zero-order valence-corrected chi connectivity index (χ0v) is 8.88. The Balaban J connectivity index is 2.39. The Morgan fingerprint density at radius 2 is 2.29 bits per heavy atom. The summed E-state index contributed by atoms with van der Waals surface area (Å²) >= 11 is 3.41. The first-order chi connectivity index (χ1) is 6.79. The maximum Gasteiger partial charge on any atom is 0.215 e. The van der Waals surface area contributed by atoms with Gasteiger partial charge in [-0.05, 0) is 12.1 Å². The Bertz CT molecular complexity index is 438. The Labute approximate surface area is 89.6 Å². The number of nitrogens with two attached hydrogens (primary N) is 1. The van der Waals surface area contributed by atoms with Crippen molar-refractivity contribution in [1.29, 1.82) is 0 Å². The van der Waals surface area contributed by atoms with Gasteiger partial charge in [0.05, 0.1) is 11.9 Å². The van der Waals surface area contributed by atoms with Gasteiger partial charge >= 0.3 is 0 Å². The van der Waals surface area contributed by atoms with Crippen molar-refractivity contribution in [1.82, 2.24) is 9.97 Å². The predicted octanol–water partition coefficient (Wildman–Crippen LogP) is 2.12. The molecule has 1 aromatic heterocycles. The van der Waals surface area contributed by atoms with Crippen LogP contribution < -0.4 is 11.3 Å². The number of rotatable bonds is 2. The molecule has 5 heteroatoms. The minimum absolute atomic E-state index is 0.556. The number of nitrogens with one attached hydrogen (secondary N) is 2. The molecular weight excluding hydrogens is 244 g/mol. The van der Waals surface area contributed by atoms with E-state index in [1.54, 1.807) is 6.20 Å². The number of nitrogens with zero attached hydrogens (tertiary/aromatic N) is 1. The maximum atomic E-state index is 5.22. The van der Waals surface area contributed by atoms with Gasteiger partial charge in [-0.1, -0.05) is 28.1 Å². The number of benzene rings is 1. The zero-order chi connectivity index (χ0) is 9.97. The van der Waals surface area contributed by atoms with Crippen molar-refractivity contribution in [2.75, 3.05) is 5.43 Å². The third-order valence-electron chi connectivity index (χ3n) is 1.85. The standard InChI is InChI=1S/C9H9BrN4/c10-7-3-1-2-6(4-7)8-5-12-9(13-8)14-11/h1-5H,11H2,(H2,12,13,14). The van der Waals surface area contributed by atoms with E-state index in [0.29, 0.717) is 5.95 Å². The van der Waals surface area contributed by atoms with Crippen LogP contribution in [0.4, 0.5) is 5.95 Å². The number of H-pyrrole nitrogens is 1. The van der Waals surface area contributed by atoms with Crippen molar-refractivity contribution in [3.8, 4) is 11.3 Å². The Morgan fingerprint density at radius 1 is 1.43 bits per heavy atom. The molecule has 1 heterocycles. The molecule has 4 nitrogen and oxygen atoms in total. The molecule has 72 valence electrons. The number of hydrogen-bond donors (Lipinski definition) is 3. The molecule has 14 heavy (non-hydrogen) atoms. The van der Waals surface area contributed by atoms with Crippen LogP contribution in [-0.2, 0) is 0 Å². The van der Waals surface area contributed by atoms with Crippen LogP contribution in [0.1, 0.15) is 0 Å². The van der Waals surface area contributed by atoms with Gasteiger partial charge in [0, 0.05) is 10.0 Å². The van der Waals surface area contributed by atoms with E-state index in [-0.39, 0.29) is 0 Å². The van der Waals surface area contributed by atoms with Crippen LogP contribution in [0.5, 0.6) is 0 Å². The van der Waals surface area contributed by atoms with Crippen molar-refractivity contribution < 1.29 is 0 Å². The first-order valence-electron chi connectivity index (χ1n) is 4.07. The van der Waals surface area contributed by atoms with Crippen molar-refractivity contribution in [3.63, 3.8) is 0 Å². The lowest BCUT2D eigenvalue weighted by molar-refractivity contribution is 1.20. The molecule has 0 atom stereocenters. The monoisotopic (exact) mass is 252 g/mol. The lowest BCUT2D eigenvalue weighted by Crippen LogP contribution is -2.07. The van der Waals surface area contributed by atoms with E-state index in [1.807, 2.05) is 24.3 Å². The van der Waals surface area contributed by atoms with E-state index in [9.17, 15) is 0 Å². The first kappa shape index (κ1) is 9.23. The fourth-order valence-corrected chi connectivity index (χ4v) is 1.60. The SMILES string of the molecule is NNc1ncc(-c2cccc(Br)c2)[nH]1. The van der Waals surface area contributed by atoms with E-state index in [2.05, 4.69) is 31.3 Å². The number of aromatic nitrogens is 2. The van der Waals surface area contributed by atoms with Gasteiger partial charge in [-0.3, -0.25) is 5.43 Å². The summed E-state index contributed by atoms with van der Waals surface area (Å²) in [7, 11) is 0. The molecule has 0 unspecified atom stereocenters. The predicted molar refractivity (Wildman–Crippen MR) is 59.5 cm³/mol. The highest BCUT2D eigenvalue weighted by atomic mass is 79.9. The van der Waals surface area contributed by atoms with Gasteiger partial charge < -0.3 is 4.98 Å². The summed E-state index contributed by atoms with van der Waals surface area (Å²) in [5.41, 5.74) is 4.45. The number of imidazole rings is 1. The molecule has 1 aromatic carbocycles. The zero-order valence-electron chi connectivity index (χ0n) is 7.29. The number of hydrogen-bond acceptors (Lipinski definition) is 3. The minimum Gasteiger partial charge on any atom is -0.323 e. The van der Waals surface area contributed by atoms with Crippen molar-refractivity contribution in [2.24, 2.45) is 5.84 Å². The van der Waals surface area contributed by atoms with Gasteiger partial charge in [0.15, 0.2) is 0 Å². The second kappa shape index (κ2) is 3.81. The highest BCUT2D eigenvalue weighted by Crippen LogP contribution is 2.21. The third-order valence-corrected chi connectivity index (χ3v) is 2.34. The van der Waals surface area contributed by atoms with Crippen LogP contribution in [0.15, 0.2) is 34.9 Å². The van der Waals surface area contributed by atoms with Crippen LogP contribution in [0, 0.1) is 0 Å². The van der Waals surface area contributed by atoms with Gasteiger partial charge in [0.25, 0.3) is 0 Å². The van der Waals surface area contributed by atoms with Gasteiger partial charge in [0.1, 0.15) is 0 Å². The molecule has 0 fully saturated rings. The molecule has 0 aliphatic carbocycles. The molecule has 2 rings (SSSR count). The van der Waals surface area contributed by atoms with Crippen LogP contribution in [0.3, 0.4) is 0 Å². The van der Waals surface area contributed by atoms with Gasteiger partial charge in [0.2, 0.25) is 5.95 Å². The molecule has 0 saturated carbocycles. The van der Waals surface area contributed by atoms with E-state index < -0.39 is 0 Å². The quantitative estimate of drug-likeness (QED) is 0.567. The van der Waals surface area contributed by atoms with Crippen molar-refractivity contribution in [3.05, 3.63) is 34.9 Å². The van der Waals surface area contributed by atoms with Gasteiger partial charge in [-0.15, -0.1) is 0 Å². The van der Waals surface area contributed by atoms with Crippen molar-refractivity contribution >= 4 is 21.9 Å². The Hall–Kier alpha value is -1.33. The summed E-state index contributed by atoms with van der Waals surface area (Å²) < 4.78 is 1.03. The fourth-order valence-electron chi connectivity index (χ4n) is 1.20. The number of aromatic amines is 1. The normalized spacial score (nSPS) is 10.1. The van der Waals surface area contributed by atoms with E-state index >= 15 is 0 Å². The number of anilines is 1. The summed E-state index contributed by atoms with van der Waals surface area (Å²) in [6.45, 7) is 0. The molecule has 0 radical (unpaired) electrons. The molecule has 4 N–H and O–H groups in total. The largest absolute Gasteiger partial charge is 0.323 e. The number of hydrazine groups is 1. The van der Waals surface area contributed by atoms with Gasteiger partial charge in [-0.25, -0.2) is 10.8 Å². The molecule has 0 spiro atoms. The molecular formula is C9H9BrN4. The van der Waals surface area contributed by atoms with Crippen molar-refractivity contribution in [2.45, 2.75) is 0 Å². The Morgan fingerprint density at radius 3 is 2.93 bits per heavy atom. The average Bonchev–Trinajstić information content (AvgIpc) is 2.66. The van der Waals surface area contributed by atoms with Crippen LogP contribution in [0.25, 0.3) is 11.3 Å². The minimum atomic E-state index is 0.556. The lowest BCUT2D eigenvalue weighted by atomic mass is 10.2. The first-order valence-corrected chi connectivity index (χ1v) is 4.86. The maximum absolute atomic E-state index is 5.22. The highest BCUT2D eigenvalue weighted by molar-refractivity contribution is 9.10. The Kier molecular flexibility index (Phi) is 2.51. The second-order valence-electron chi connectivity index (χ2n) is 2.80. The topological polar surface area (TPSA) is 66.7 Å². The summed E-state index contributed by atoms with van der Waals surface area (Å²) in [4.78, 5) is 7.07. The third kappa shape index (κ3) is 1.78.